The predicted octanol–water partition coefficient (Wildman–Crippen LogP) is 2.43. The molecule has 0 radical (unpaired) electrons. The Balaban J connectivity index is 3.00. The molecule has 0 unspecified atom stereocenters. The van der Waals surface area contributed by atoms with Crippen molar-refractivity contribution >= 4 is 0 Å². The average molecular weight is 178 g/mol. The molecule has 70 valence electrons. The van der Waals surface area contributed by atoms with Crippen LogP contribution in [0.3, 0.4) is 0 Å². The Morgan fingerprint density at radius 1 is 1.31 bits per heavy atom. The van der Waals surface area contributed by atoms with E-state index in [2.05, 4.69) is 6.58 Å². The SMILES string of the molecule is C=CCc1ccc(OC)cc1OC. The van der Waals surface area contributed by atoms with Gasteiger partial charge in [-0.2, -0.15) is 0 Å². The number of rotatable bonds is 4. The molecular formula is C11H14O2. The standard InChI is InChI=1S/C11H14O2/c1-4-5-9-6-7-10(12-2)8-11(9)13-3/h4,6-8H,1,5H2,2-3H3. The fourth-order valence-electron chi connectivity index (χ4n) is 1.18. The smallest absolute Gasteiger partial charge is 0.126 e. The van der Waals surface area contributed by atoms with E-state index < -0.39 is 0 Å². The minimum Gasteiger partial charge on any atom is -0.497 e. The van der Waals surface area contributed by atoms with Crippen molar-refractivity contribution in [3.8, 4) is 11.5 Å². The molecule has 1 aromatic carbocycles. The summed E-state index contributed by atoms with van der Waals surface area (Å²) in [5.41, 5.74) is 1.12. The summed E-state index contributed by atoms with van der Waals surface area (Å²) in [6.07, 6.45) is 2.66. The van der Waals surface area contributed by atoms with Crippen LogP contribution in [0.25, 0.3) is 0 Å². The van der Waals surface area contributed by atoms with Crippen LogP contribution in [0.1, 0.15) is 5.56 Å². The van der Waals surface area contributed by atoms with Gasteiger partial charge in [0.2, 0.25) is 0 Å². The summed E-state index contributed by atoms with van der Waals surface area (Å²) in [7, 11) is 3.29. The lowest BCUT2D eigenvalue weighted by atomic mass is 10.1. The molecule has 0 saturated carbocycles. The first-order chi connectivity index (χ1) is 6.31. The van der Waals surface area contributed by atoms with Crippen LogP contribution in [0.15, 0.2) is 30.9 Å². The zero-order valence-corrected chi connectivity index (χ0v) is 8.04. The van der Waals surface area contributed by atoms with Crippen LogP contribution in [0.2, 0.25) is 0 Å². The molecule has 1 aromatic rings. The van der Waals surface area contributed by atoms with Crippen LogP contribution < -0.4 is 9.47 Å². The van der Waals surface area contributed by atoms with Gasteiger partial charge in [-0.05, 0) is 18.1 Å². The predicted molar refractivity (Wildman–Crippen MR) is 53.4 cm³/mol. The third kappa shape index (κ3) is 2.25. The minimum absolute atomic E-state index is 0.810. The lowest BCUT2D eigenvalue weighted by Gasteiger charge is -2.08. The molecular weight excluding hydrogens is 164 g/mol. The van der Waals surface area contributed by atoms with Crippen molar-refractivity contribution in [2.24, 2.45) is 0 Å². The van der Waals surface area contributed by atoms with E-state index in [-0.39, 0.29) is 0 Å². The highest BCUT2D eigenvalue weighted by Gasteiger charge is 2.02. The maximum atomic E-state index is 5.21. The van der Waals surface area contributed by atoms with Gasteiger partial charge < -0.3 is 9.47 Å². The Hall–Kier alpha value is -1.44. The van der Waals surface area contributed by atoms with Gasteiger partial charge in [-0.15, -0.1) is 6.58 Å². The highest BCUT2D eigenvalue weighted by Crippen LogP contribution is 2.24. The van der Waals surface area contributed by atoms with Crippen molar-refractivity contribution in [1.82, 2.24) is 0 Å². The van der Waals surface area contributed by atoms with E-state index in [1.54, 1.807) is 14.2 Å². The maximum absolute atomic E-state index is 5.21. The van der Waals surface area contributed by atoms with E-state index in [1.807, 2.05) is 24.3 Å². The Morgan fingerprint density at radius 2 is 2.08 bits per heavy atom. The summed E-state index contributed by atoms with van der Waals surface area (Å²) >= 11 is 0. The average Bonchev–Trinajstić information content (AvgIpc) is 2.19. The molecule has 0 N–H and O–H groups in total. The van der Waals surface area contributed by atoms with Crippen LogP contribution in [0.5, 0.6) is 11.5 Å². The van der Waals surface area contributed by atoms with Gasteiger partial charge in [-0.3, -0.25) is 0 Å². The largest absolute Gasteiger partial charge is 0.497 e. The van der Waals surface area contributed by atoms with E-state index in [9.17, 15) is 0 Å². The van der Waals surface area contributed by atoms with Gasteiger partial charge in [0.15, 0.2) is 0 Å². The molecule has 0 spiro atoms. The molecule has 0 saturated heterocycles. The third-order valence-electron chi connectivity index (χ3n) is 1.86. The second-order valence-corrected chi connectivity index (χ2v) is 2.67. The summed E-state index contributed by atoms with van der Waals surface area (Å²) in [5.74, 6) is 1.66. The van der Waals surface area contributed by atoms with E-state index in [1.165, 1.54) is 0 Å². The van der Waals surface area contributed by atoms with Crippen molar-refractivity contribution in [2.45, 2.75) is 6.42 Å². The van der Waals surface area contributed by atoms with Crippen molar-refractivity contribution in [3.63, 3.8) is 0 Å². The van der Waals surface area contributed by atoms with Gasteiger partial charge >= 0.3 is 0 Å². The van der Waals surface area contributed by atoms with Crippen LogP contribution in [-0.2, 0) is 6.42 Å². The summed E-state index contributed by atoms with van der Waals surface area (Å²) in [6.45, 7) is 3.69. The summed E-state index contributed by atoms with van der Waals surface area (Å²) in [4.78, 5) is 0. The quantitative estimate of drug-likeness (QED) is 0.659. The molecule has 0 atom stereocenters. The second-order valence-electron chi connectivity index (χ2n) is 2.67. The molecule has 1 rings (SSSR count). The maximum Gasteiger partial charge on any atom is 0.126 e. The Morgan fingerprint density at radius 3 is 2.62 bits per heavy atom. The Labute approximate surface area is 78.8 Å². The van der Waals surface area contributed by atoms with Crippen molar-refractivity contribution in [1.29, 1.82) is 0 Å². The lowest BCUT2D eigenvalue weighted by molar-refractivity contribution is 0.391. The zero-order chi connectivity index (χ0) is 9.68. The topological polar surface area (TPSA) is 18.5 Å². The Bertz CT molecular complexity index is 292. The van der Waals surface area contributed by atoms with Crippen molar-refractivity contribution in [3.05, 3.63) is 36.4 Å². The number of benzene rings is 1. The molecule has 2 heteroatoms. The number of allylic oxidation sites excluding steroid dienone is 1. The molecule has 0 bridgehead atoms. The minimum atomic E-state index is 0.810. The van der Waals surface area contributed by atoms with Crippen molar-refractivity contribution in [2.75, 3.05) is 14.2 Å². The van der Waals surface area contributed by atoms with E-state index >= 15 is 0 Å². The zero-order valence-electron chi connectivity index (χ0n) is 8.04. The fourth-order valence-corrected chi connectivity index (χ4v) is 1.18. The van der Waals surface area contributed by atoms with Gasteiger partial charge in [0, 0.05) is 6.07 Å². The molecule has 0 aromatic heterocycles. The van der Waals surface area contributed by atoms with E-state index in [0.29, 0.717) is 0 Å². The number of hydrogen-bond donors (Lipinski definition) is 0. The first kappa shape index (κ1) is 9.65. The summed E-state index contributed by atoms with van der Waals surface area (Å²) in [6, 6.07) is 5.78. The third-order valence-corrected chi connectivity index (χ3v) is 1.86. The molecule has 0 heterocycles. The Kier molecular flexibility index (Phi) is 3.38. The fraction of sp³-hybridized carbons (Fsp3) is 0.273. The molecule has 0 aliphatic rings. The molecule has 2 nitrogen and oxygen atoms in total. The number of ether oxygens (including phenoxy) is 2. The summed E-state index contributed by atoms with van der Waals surface area (Å²) in [5, 5.41) is 0. The van der Waals surface area contributed by atoms with Crippen LogP contribution >= 0.6 is 0 Å². The van der Waals surface area contributed by atoms with Crippen molar-refractivity contribution < 1.29 is 9.47 Å². The number of hydrogen-bond acceptors (Lipinski definition) is 2. The van der Waals surface area contributed by atoms with Crippen LogP contribution in [-0.4, -0.2) is 14.2 Å². The van der Waals surface area contributed by atoms with Gasteiger partial charge in [0.05, 0.1) is 14.2 Å². The number of methoxy groups -OCH3 is 2. The molecule has 13 heavy (non-hydrogen) atoms. The van der Waals surface area contributed by atoms with Gasteiger partial charge in [-0.25, -0.2) is 0 Å². The van der Waals surface area contributed by atoms with Gasteiger partial charge in [-0.1, -0.05) is 12.1 Å². The van der Waals surface area contributed by atoms with Crippen LogP contribution in [0.4, 0.5) is 0 Å². The van der Waals surface area contributed by atoms with Crippen LogP contribution in [0, 0.1) is 0 Å². The highest BCUT2D eigenvalue weighted by atomic mass is 16.5. The second kappa shape index (κ2) is 4.55. The monoisotopic (exact) mass is 178 g/mol. The molecule has 0 amide bonds. The lowest BCUT2D eigenvalue weighted by Crippen LogP contribution is -1.92. The van der Waals surface area contributed by atoms with Gasteiger partial charge in [0.1, 0.15) is 11.5 Å². The molecule has 0 fully saturated rings. The molecule has 0 aliphatic heterocycles. The van der Waals surface area contributed by atoms with Gasteiger partial charge in [0.25, 0.3) is 0 Å². The highest BCUT2D eigenvalue weighted by molar-refractivity contribution is 5.41. The van der Waals surface area contributed by atoms with E-state index in [4.69, 9.17) is 9.47 Å². The normalized spacial score (nSPS) is 9.38. The first-order valence-corrected chi connectivity index (χ1v) is 4.13. The molecule has 0 aliphatic carbocycles. The summed E-state index contributed by atoms with van der Waals surface area (Å²) < 4.78 is 10.3. The first-order valence-electron chi connectivity index (χ1n) is 4.13. The van der Waals surface area contributed by atoms with E-state index in [0.717, 1.165) is 23.5 Å².